The second-order valence-electron chi connectivity index (χ2n) is 4.74. The van der Waals surface area contributed by atoms with Crippen LogP contribution in [0.2, 0.25) is 5.02 Å². The summed E-state index contributed by atoms with van der Waals surface area (Å²) in [6.07, 6.45) is 0.0448. The van der Waals surface area contributed by atoms with Crippen LogP contribution in [0.15, 0.2) is 18.2 Å². The lowest BCUT2D eigenvalue weighted by atomic mass is 10.1. The van der Waals surface area contributed by atoms with Crippen LogP contribution in [0.4, 0.5) is 0 Å². The van der Waals surface area contributed by atoms with E-state index in [1.54, 1.807) is 18.2 Å². The second-order valence-corrected chi connectivity index (χ2v) is 5.15. The average Bonchev–Trinajstić information content (AvgIpc) is 2.34. The molecule has 3 N–H and O–H groups in total. The van der Waals surface area contributed by atoms with Crippen molar-refractivity contribution >= 4 is 11.6 Å². The normalized spacial score (nSPS) is 22.9. The van der Waals surface area contributed by atoms with Crippen molar-refractivity contribution < 1.29 is 9.84 Å². The van der Waals surface area contributed by atoms with Crippen molar-refractivity contribution in [3.8, 4) is 5.75 Å². The number of ether oxygens (including phenoxy) is 1. The number of rotatable bonds is 3. The van der Waals surface area contributed by atoms with Gasteiger partial charge < -0.3 is 15.6 Å². The summed E-state index contributed by atoms with van der Waals surface area (Å²) >= 11 is 6.11. The van der Waals surface area contributed by atoms with Gasteiger partial charge >= 0.3 is 0 Å². The number of phenolic OH excluding ortho intramolecular Hbond substituents is 1. The second kappa shape index (κ2) is 5.89. The summed E-state index contributed by atoms with van der Waals surface area (Å²) in [7, 11) is 0. The summed E-state index contributed by atoms with van der Waals surface area (Å²) in [6, 6.07) is 5.20. The lowest BCUT2D eigenvalue weighted by Gasteiger charge is -2.34. The Morgan fingerprint density at radius 2 is 2.39 bits per heavy atom. The van der Waals surface area contributed by atoms with Crippen LogP contribution in [0.25, 0.3) is 0 Å². The van der Waals surface area contributed by atoms with Gasteiger partial charge in [-0.25, -0.2) is 0 Å². The number of aromatic hydroxyl groups is 1. The van der Waals surface area contributed by atoms with Crippen LogP contribution < -0.4 is 5.73 Å². The number of phenols is 1. The number of hydrogen-bond acceptors (Lipinski definition) is 4. The molecular formula is C13H19ClN2O2. The van der Waals surface area contributed by atoms with E-state index in [1.165, 1.54) is 0 Å². The summed E-state index contributed by atoms with van der Waals surface area (Å²) in [5, 5.41) is 10.4. The first-order valence-electron chi connectivity index (χ1n) is 6.14. The Hall–Kier alpha value is -0.810. The molecule has 0 spiro atoms. The smallest absolute Gasteiger partial charge is 0.121 e. The molecular weight excluding hydrogens is 252 g/mol. The fourth-order valence-corrected chi connectivity index (χ4v) is 2.35. The van der Waals surface area contributed by atoms with Crippen LogP contribution in [0, 0.1) is 0 Å². The first-order valence-corrected chi connectivity index (χ1v) is 6.51. The molecule has 2 rings (SSSR count). The predicted octanol–water partition coefficient (Wildman–Crippen LogP) is 1.59. The molecule has 2 atom stereocenters. The summed E-state index contributed by atoms with van der Waals surface area (Å²) in [5.41, 5.74) is 6.62. The van der Waals surface area contributed by atoms with E-state index in [1.807, 2.05) is 6.92 Å². The molecule has 0 aliphatic carbocycles. The Morgan fingerprint density at radius 1 is 1.61 bits per heavy atom. The highest BCUT2D eigenvalue weighted by Crippen LogP contribution is 2.27. The van der Waals surface area contributed by atoms with Crippen molar-refractivity contribution in [2.24, 2.45) is 5.73 Å². The molecule has 1 aromatic carbocycles. The molecule has 0 bridgehead atoms. The molecule has 5 heteroatoms. The van der Waals surface area contributed by atoms with E-state index in [2.05, 4.69) is 4.90 Å². The topological polar surface area (TPSA) is 58.7 Å². The summed E-state index contributed by atoms with van der Waals surface area (Å²) < 4.78 is 5.61. The highest BCUT2D eigenvalue weighted by Gasteiger charge is 2.24. The van der Waals surface area contributed by atoms with Crippen LogP contribution in [0.1, 0.15) is 12.5 Å². The highest BCUT2D eigenvalue weighted by molar-refractivity contribution is 6.31. The van der Waals surface area contributed by atoms with Gasteiger partial charge in [0.15, 0.2) is 0 Å². The zero-order valence-electron chi connectivity index (χ0n) is 10.5. The van der Waals surface area contributed by atoms with E-state index >= 15 is 0 Å². The van der Waals surface area contributed by atoms with Gasteiger partial charge in [0, 0.05) is 36.3 Å². The maximum absolute atomic E-state index is 9.83. The average molecular weight is 271 g/mol. The Bertz CT molecular complexity index is 392. The van der Waals surface area contributed by atoms with E-state index < -0.39 is 0 Å². The molecule has 1 saturated heterocycles. The molecule has 0 saturated carbocycles. The van der Waals surface area contributed by atoms with Crippen molar-refractivity contribution in [3.05, 3.63) is 28.8 Å². The van der Waals surface area contributed by atoms with Gasteiger partial charge in [-0.05, 0) is 19.1 Å². The van der Waals surface area contributed by atoms with Crippen LogP contribution >= 0.6 is 11.6 Å². The lowest BCUT2D eigenvalue weighted by Crippen LogP contribution is -2.49. The van der Waals surface area contributed by atoms with Crippen LogP contribution in [0.3, 0.4) is 0 Å². The molecule has 0 aromatic heterocycles. The third-order valence-electron chi connectivity index (χ3n) is 3.24. The molecule has 0 radical (unpaired) electrons. The van der Waals surface area contributed by atoms with Gasteiger partial charge in [-0.15, -0.1) is 0 Å². The molecule has 1 fully saturated rings. The fourth-order valence-electron chi connectivity index (χ4n) is 2.12. The Kier molecular flexibility index (Phi) is 4.45. The number of halogens is 1. The van der Waals surface area contributed by atoms with Gasteiger partial charge in [0.1, 0.15) is 5.75 Å². The van der Waals surface area contributed by atoms with E-state index in [0.29, 0.717) is 18.2 Å². The Balaban J connectivity index is 2.05. The number of hydrogen-bond donors (Lipinski definition) is 2. The van der Waals surface area contributed by atoms with E-state index in [0.717, 1.165) is 18.7 Å². The van der Waals surface area contributed by atoms with Crippen LogP contribution in [-0.4, -0.2) is 41.8 Å². The number of benzene rings is 1. The first kappa shape index (κ1) is 13.6. The highest BCUT2D eigenvalue weighted by atomic mass is 35.5. The molecule has 0 amide bonds. The van der Waals surface area contributed by atoms with Crippen LogP contribution in [0.5, 0.6) is 5.75 Å². The van der Waals surface area contributed by atoms with Gasteiger partial charge in [-0.1, -0.05) is 17.7 Å². The number of morpholine rings is 1. The summed E-state index contributed by atoms with van der Waals surface area (Å²) in [6.45, 7) is 4.83. The zero-order valence-corrected chi connectivity index (χ0v) is 11.2. The molecule has 1 heterocycles. The minimum Gasteiger partial charge on any atom is -0.508 e. The standard InChI is InChI=1S/C13H19ClN2O2/c1-9(15)13-8-16(5-6-18-13)7-10-11(14)3-2-4-12(10)17/h2-4,9,13,17H,5-8,15H2,1H3. The first-order chi connectivity index (χ1) is 8.58. The molecule has 100 valence electrons. The number of nitrogens with two attached hydrogens (primary N) is 1. The quantitative estimate of drug-likeness (QED) is 0.876. The largest absolute Gasteiger partial charge is 0.508 e. The minimum absolute atomic E-state index is 0.00708. The minimum atomic E-state index is 0.00708. The SMILES string of the molecule is CC(N)C1CN(Cc2c(O)cccc2Cl)CCO1. The Morgan fingerprint density at radius 3 is 3.06 bits per heavy atom. The molecule has 18 heavy (non-hydrogen) atoms. The van der Waals surface area contributed by atoms with Crippen molar-refractivity contribution in [2.45, 2.75) is 25.6 Å². The summed E-state index contributed by atoms with van der Waals surface area (Å²) in [4.78, 5) is 2.21. The zero-order chi connectivity index (χ0) is 13.1. The lowest BCUT2D eigenvalue weighted by molar-refractivity contribution is -0.0405. The maximum atomic E-state index is 9.83. The van der Waals surface area contributed by atoms with Crippen LogP contribution in [-0.2, 0) is 11.3 Å². The molecule has 2 unspecified atom stereocenters. The number of nitrogens with zero attached hydrogens (tertiary/aromatic N) is 1. The van der Waals surface area contributed by atoms with Crippen molar-refractivity contribution in [1.82, 2.24) is 4.90 Å². The van der Waals surface area contributed by atoms with Crippen molar-refractivity contribution in [3.63, 3.8) is 0 Å². The van der Waals surface area contributed by atoms with E-state index in [4.69, 9.17) is 22.1 Å². The third-order valence-corrected chi connectivity index (χ3v) is 3.59. The van der Waals surface area contributed by atoms with E-state index in [9.17, 15) is 5.11 Å². The van der Waals surface area contributed by atoms with Gasteiger partial charge in [-0.2, -0.15) is 0 Å². The van der Waals surface area contributed by atoms with Crippen molar-refractivity contribution in [2.75, 3.05) is 19.7 Å². The van der Waals surface area contributed by atoms with Gasteiger partial charge in [-0.3, -0.25) is 4.90 Å². The van der Waals surface area contributed by atoms with Gasteiger partial charge in [0.25, 0.3) is 0 Å². The van der Waals surface area contributed by atoms with Crippen molar-refractivity contribution in [1.29, 1.82) is 0 Å². The monoisotopic (exact) mass is 270 g/mol. The molecule has 4 nitrogen and oxygen atoms in total. The maximum Gasteiger partial charge on any atom is 0.121 e. The molecule has 1 aromatic rings. The predicted molar refractivity (Wildman–Crippen MR) is 71.8 cm³/mol. The molecule has 1 aliphatic heterocycles. The summed E-state index contributed by atoms with van der Waals surface area (Å²) in [5.74, 6) is 0.242. The fraction of sp³-hybridized carbons (Fsp3) is 0.538. The third kappa shape index (κ3) is 3.14. The van der Waals surface area contributed by atoms with E-state index in [-0.39, 0.29) is 17.9 Å². The molecule has 1 aliphatic rings. The Labute approximate surface area is 112 Å². The van der Waals surface area contributed by atoms with Gasteiger partial charge in [0.2, 0.25) is 0 Å². The van der Waals surface area contributed by atoms with Gasteiger partial charge in [0.05, 0.1) is 12.7 Å².